The van der Waals surface area contributed by atoms with E-state index in [0.717, 1.165) is 18.0 Å². The van der Waals surface area contributed by atoms with Gasteiger partial charge in [0.1, 0.15) is 0 Å². The first-order valence-electron chi connectivity index (χ1n) is 5.83. The van der Waals surface area contributed by atoms with Crippen molar-refractivity contribution in [3.8, 4) is 0 Å². The van der Waals surface area contributed by atoms with Gasteiger partial charge in [-0.15, -0.1) is 10.2 Å². The molecule has 0 radical (unpaired) electrons. The molecule has 0 aliphatic carbocycles. The molecule has 0 aromatic carbocycles. The summed E-state index contributed by atoms with van der Waals surface area (Å²) in [6, 6.07) is 6.46. The summed E-state index contributed by atoms with van der Waals surface area (Å²) in [4.78, 5) is 0. The lowest BCUT2D eigenvalue weighted by Gasteiger charge is -2.11. The molecular formula is C12H18N4. The molecule has 0 fully saturated rings. The molecule has 2 rings (SSSR count). The van der Waals surface area contributed by atoms with E-state index in [0.29, 0.717) is 6.04 Å². The van der Waals surface area contributed by atoms with Crippen LogP contribution in [0.2, 0.25) is 0 Å². The van der Waals surface area contributed by atoms with Crippen molar-refractivity contribution < 1.29 is 0 Å². The van der Waals surface area contributed by atoms with Gasteiger partial charge >= 0.3 is 0 Å². The van der Waals surface area contributed by atoms with E-state index in [1.54, 1.807) is 0 Å². The van der Waals surface area contributed by atoms with E-state index in [9.17, 15) is 0 Å². The molecule has 1 atom stereocenters. The number of hydrogen-bond donors (Lipinski definition) is 1. The normalized spacial score (nSPS) is 13.1. The molecule has 16 heavy (non-hydrogen) atoms. The molecule has 4 heteroatoms. The SMILES string of the molecule is CCCC(C)NCc1nnc2ccccn12. The lowest BCUT2D eigenvalue weighted by atomic mass is 10.2. The van der Waals surface area contributed by atoms with Crippen LogP contribution in [0.3, 0.4) is 0 Å². The van der Waals surface area contributed by atoms with Crippen molar-refractivity contribution in [1.29, 1.82) is 0 Å². The molecule has 1 N–H and O–H groups in total. The summed E-state index contributed by atoms with van der Waals surface area (Å²) >= 11 is 0. The highest BCUT2D eigenvalue weighted by atomic mass is 15.3. The van der Waals surface area contributed by atoms with Crippen molar-refractivity contribution in [1.82, 2.24) is 19.9 Å². The molecule has 4 nitrogen and oxygen atoms in total. The quantitative estimate of drug-likeness (QED) is 0.834. The highest BCUT2D eigenvalue weighted by molar-refractivity contribution is 5.36. The zero-order valence-electron chi connectivity index (χ0n) is 9.85. The van der Waals surface area contributed by atoms with Gasteiger partial charge in [0.2, 0.25) is 0 Å². The van der Waals surface area contributed by atoms with Crippen molar-refractivity contribution in [3.05, 3.63) is 30.2 Å². The van der Waals surface area contributed by atoms with Crippen LogP contribution in [0.15, 0.2) is 24.4 Å². The summed E-state index contributed by atoms with van der Waals surface area (Å²) < 4.78 is 2.02. The molecule has 2 aromatic rings. The molecule has 0 saturated heterocycles. The first kappa shape index (κ1) is 11.1. The fraction of sp³-hybridized carbons (Fsp3) is 0.500. The number of aromatic nitrogens is 3. The molecule has 0 aliphatic heterocycles. The van der Waals surface area contributed by atoms with E-state index in [1.165, 1.54) is 12.8 Å². The fourth-order valence-corrected chi connectivity index (χ4v) is 1.81. The number of nitrogens with zero attached hydrogens (tertiary/aromatic N) is 3. The van der Waals surface area contributed by atoms with Crippen LogP contribution < -0.4 is 5.32 Å². The van der Waals surface area contributed by atoms with Gasteiger partial charge in [-0.05, 0) is 25.5 Å². The summed E-state index contributed by atoms with van der Waals surface area (Å²) in [5.74, 6) is 0.971. The predicted molar refractivity (Wildman–Crippen MR) is 64.2 cm³/mol. The maximum atomic E-state index is 4.18. The van der Waals surface area contributed by atoms with Crippen LogP contribution in [-0.2, 0) is 6.54 Å². The first-order valence-corrected chi connectivity index (χ1v) is 5.83. The van der Waals surface area contributed by atoms with Crippen molar-refractivity contribution in [2.45, 2.75) is 39.3 Å². The Bertz CT molecular complexity index is 449. The molecule has 0 spiro atoms. The van der Waals surface area contributed by atoms with Crippen LogP contribution in [0.4, 0.5) is 0 Å². The van der Waals surface area contributed by atoms with Crippen LogP contribution in [0.1, 0.15) is 32.5 Å². The smallest absolute Gasteiger partial charge is 0.160 e. The molecule has 0 saturated carbocycles. The Morgan fingerprint density at radius 3 is 3.06 bits per heavy atom. The highest BCUT2D eigenvalue weighted by Gasteiger charge is 2.05. The summed E-state index contributed by atoms with van der Waals surface area (Å²) in [7, 11) is 0. The fourth-order valence-electron chi connectivity index (χ4n) is 1.81. The van der Waals surface area contributed by atoms with Crippen molar-refractivity contribution in [3.63, 3.8) is 0 Å². The van der Waals surface area contributed by atoms with Gasteiger partial charge in [-0.25, -0.2) is 0 Å². The monoisotopic (exact) mass is 218 g/mol. The minimum absolute atomic E-state index is 0.529. The Kier molecular flexibility index (Phi) is 3.51. The zero-order valence-corrected chi connectivity index (χ0v) is 9.85. The van der Waals surface area contributed by atoms with E-state index < -0.39 is 0 Å². The van der Waals surface area contributed by atoms with Gasteiger partial charge in [-0.1, -0.05) is 19.4 Å². The number of fused-ring (bicyclic) bond motifs is 1. The third-order valence-corrected chi connectivity index (χ3v) is 2.71. The Morgan fingerprint density at radius 2 is 2.25 bits per heavy atom. The number of hydrogen-bond acceptors (Lipinski definition) is 3. The van der Waals surface area contributed by atoms with E-state index in [2.05, 4.69) is 29.4 Å². The average Bonchev–Trinajstić information content (AvgIpc) is 2.70. The van der Waals surface area contributed by atoms with Crippen LogP contribution in [0.5, 0.6) is 0 Å². The lowest BCUT2D eigenvalue weighted by Crippen LogP contribution is -2.26. The van der Waals surface area contributed by atoms with E-state index >= 15 is 0 Å². The number of rotatable bonds is 5. The van der Waals surface area contributed by atoms with Gasteiger partial charge in [0, 0.05) is 12.2 Å². The minimum atomic E-state index is 0.529. The average molecular weight is 218 g/mol. The Balaban J connectivity index is 2.04. The summed E-state index contributed by atoms with van der Waals surface area (Å²) in [6.07, 6.45) is 4.39. The molecule has 0 bridgehead atoms. The standard InChI is InChI=1S/C12H18N4/c1-3-6-10(2)13-9-12-15-14-11-7-4-5-8-16(11)12/h4-5,7-8,10,13H,3,6,9H2,1-2H3. The lowest BCUT2D eigenvalue weighted by molar-refractivity contribution is 0.498. The summed E-state index contributed by atoms with van der Waals surface area (Å²) in [5.41, 5.74) is 0.905. The van der Waals surface area contributed by atoms with Crippen LogP contribution in [0.25, 0.3) is 5.65 Å². The first-order chi connectivity index (χ1) is 7.81. The van der Waals surface area contributed by atoms with Crippen molar-refractivity contribution >= 4 is 5.65 Å². The van der Waals surface area contributed by atoms with Gasteiger partial charge in [0.05, 0.1) is 6.54 Å². The highest BCUT2D eigenvalue weighted by Crippen LogP contribution is 2.03. The van der Waals surface area contributed by atoms with Gasteiger partial charge in [-0.2, -0.15) is 0 Å². The maximum absolute atomic E-state index is 4.18. The van der Waals surface area contributed by atoms with Gasteiger partial charge < -0.3 is 5.32 Å². The molecule has 1 unspecified atom stereocenters. The second-order valence-electron chi connectivity index (χ2n) is 4.12. The van der Waals surface area contributed by atoms with Gasteiger partial charge in [0.15, 0.2) is 11.5 Å². The third kappa shape index (κ3) is 2.39. The van der Waals surface area contributed by atoms with Gasteiger partial charge in [-0.3, -0.25) is 4.40 Å². The van der Waals surface area contributed by atoms with Crippen molar-refractivity contribution in [2.75, 3.05) is 0 Å². The number of nitrogens with one attached hydrogen (secondary N) is 1. The van der Waals surface area contributed by atoms with Crippen LogP contribution in [-0.4, -0.2) is 20.6 Å². The predicted octanol–water partition coefficient (Wildman–Crippen LogP) is 2.01. The van der Waals surface area contributed by atoms with E-state index in [4.69, 9.17) is 0 Å². The van der Waals surface area contributed by atoms with E-state index in [-0.39, 0.29) is 0 Å². The second-order valence-corrected chi connectivity index (χ2v) is 4.12. The Hall–Kier alpha value is -1.42. The maximum Gasteiger partial charge on any atom is 0.160 e. The van der Waals surface area contributed by atoms with Crippen LogP contribution in [0, 0.1) is 0 Å². The molecule has 2 aromatic heterocycles. The summed E-state index contributed by atoms with van der Waals surface area (Å²) in [6.45, 7) is 5.17. The molecular weight excluding hydrogens is 200 g/mol. The second kappa shape index (κ2) is 5.07. The molecule has 0 amide bonds. The van der Waals surface area contributed by atoms with Crippen molar-refractivity contribution in [2.24, 2.45) is 0 Å². The minimum Gasteiger partial charge on any atom is -0.307 e. The molecule has 86 valence electrons. The topological polar surface area (TPSA) is 42.2 Å². The molecule has 0 aliphatic rings. The van der Waals surface area contributed by atoms with E-state index in [1.807, 2.05) is 28.8 Å². The van der Waals surface area contributed by atoms with Crippen LogP contribution >= 0.6 is 0 Å². The Morgan fingerprint density at radius 1 is 1.38 bits per heavy atom. The Labute approximate surface area is 95.7 Å². The third-order valence-electron chi connectivity index (χ3n) is 2.71. The van der Waals surface area contributed by atoms with Gasteiger partial charge in [0.25, 0.3) is 0 Å². The summed E-state index contributed by atoms with van der Waals surface area (Å²) in [5, 5.41) is 11.7. The molecule has 2 heterocycles. The zero-order chi connectivity index (χ0) is 11.4. The number of pyridine rings is 1. The largest absolute Gasteiger partial charge is 0.307 e.